The molecule has 4 aliphatic rings. The topological polar surface area (TPSA) is 23.6 Å². The van der Waals surface area contributed by atoms with Gasteiger partial charge in [0, 0.05) is 31.0 Å². The van der Waals surface area contributed by atoms with E-state index < -0.39 is 0 Å². The highest BCUT2D eigenvalue weighted by molar-refractivity contribution is 5.77. The number of hydrogen-bond acceptors (Lipinski definition) is 2. The summed E-state index contributed by atoms with van der Waals surface area (Å²) in [5.74, 6) is 2.33. The first kappa shape index (κ1) is 20.2. The fourth-order valence-electron chi connectivity index (χ4n) is 5.70. The van der Waals surface area contributed by atoms with Crippen molar-refractivity contribution >= 4 is 5.91 Å². The highest BCUT2D eigenvalue weighted by Gasteiger charge is 2.54. The molecule has 150 valence electrons. The zero-order valence-corrected chi connectivity index (χ0v) is 17.6. The van der Waals surface area contributed by atoms with Gasteiger partial charge in [-0.3, -0.25) is 4.79 Å². The summed E-state index contributed by atoms with van der Waals surface area (Å²) in [4.78, 5) is 16.3. The Kier molecular flexibility index (Phi) is 7.05. The van der Waals surface area contributed by atoms with Crippen molar-refractivity contribution < 1.29 is 4.79 Å². The van der Waals surface area contributed by atoms with E-state index >= 15 is 0 Å². The predicted octanol–water partition coefficient (Wildman–Crippen LogP) is 5.10. The lowest BCUT2D eigenvalue weighted by Crippen LogP contribution is -2.67. The van der Waals surface area contributed by atoms with Crippen LogP contribution in [0.2, 0.25) is 0 Å². The van der Waals surface area contributed by atoms with Gasteiger partial charge in [-0.05, 0) is 50.6 Å². The van der Waals surface area contributed by atoms with Gasteiger partial charge >= 0.3 is 0 Å². The fourth-order valence-corrected chi connectivity index (χ4v) is 5.70. The van der Waals surface area contributed by atoms with Gasteiger partial charge < -0.3 is 9.80 Å². The Bertz CT molecular complexity index is 435. The number of rotatable bonds is 3. The predicted molar refractivity (Wildman–Crippen MR) is 109 cm³/mol. The largest absolute Gasteiger partial charge is 0.341 e. The van der Waals surface area contributed by atoms with Gasteiger partial charge in [0.2, 0.25) is 5.91 Å². The molecule has 2 saturated carbocycles. The van der Waals surface area contributed by atoms with E-state index in [2.05, 4.69) is 18.7 Å². The quantitative estimate of drug-likeness (QED) is 0.697. The van der Waals surface area contributed by atoms with E-state index in [1.54, 1.807) is 0 Å². The number of piperidine rings is 1. The average Bonchev–Trinajstić information content (AvgIpc) is 2.61. The van der Waals surface area contributed by atoms with Crippen molar-refractivity contribution in [3.63, 3.8) is 0 Å². The van der Waals surface area contributed by atoms with Crippen LogP contribution >= 0.6 is 0 Å². The fraction of sp³-hybridized carbons (Fsp3) is 0.957. The highest BCUT2D eigenvalue weighted by Crippen LogP contribution is 2.50. The maximum atomic E-state index is 11.5. The van der Waals surface area contributed by atoms with E-state index in [-0.39, 0.29) is 0 Å². The van der Waals surface area contributed by atoms with Gasteiger partial charge in [-0.1, -0.05) is 59.3 Å². The zero-order valence-electron chi connectivity index (χ0n) is 17.6. The molecule has 4 fully saturated rings. The molecule has 2 aliphatic carbocycles. The molecule has 0 aromatic heterocycles. The van der Waals surface area contributed by atoms with E-state index in [0.717, 1.165) is 31.0 Å². The first-order valence-electron chi connectivity index (χ1n) is 11.5. The van der Waals surface area contributed by atoms with E-state index in [4.69, 9.17) is 0 Å². The summed E-state index contributed by atoms with van der Waals surface area (Å²) in [6, 6.07) is 0.842. The summed E-state index contributed by atoms with van der Waals surface area (Å²) >= 11 is 0. The molecule has 2 saturated heterocycles. The van der Waals surface area contributed by atoms with Crippen molar-refractivity contribution in [1.82, 2.24) is 9.80 Å². The molecule has 2 aliphatic heterocycles. The molecule has 0 radical (unpaired) electrons. The summed E-state index contributed by atoms with van der Waals surface area (Å²) in [6.07, 6.45) is 15.0. The minimum atomic E-state index is 0.344. The van der Waals surface area contributed by atoms with Crippen LogP contribution in [0.1, 0.15) is 91.4 Å². The average molecular weight is 363 g/mol. The van der Waals surface area contributed by atoms with Crippen molar-refractivity contribution in [3.05, 3.63) is 0 Å². The number of hydrogen-bond donors (Lipinski definition) is 0. The first-order valence-corrected chi connectivity index (χ1v) is 11.5. The van der Waals surface area contributed by atoms with Crippen LogP contribution in [0.5, 0.6) is 0 Å². The Labute approximate surface area is 161 Å². The molecule has 1 amide bonds. The highest BCUT2D eigenvalue weighted by atomic mass is 16.2. The maximum Gasteiger partial charge on any atom is 0.222 e. The minimum Gasteiger partial charge on any atom is -0.341 e. The van der Waals surface area contributed by atoms with Crippen LogP contribution in [0.15, 0.2) is 0 Å². The maximum absolute atomic E-state index is 11.5. The van der Waals surface area contributed by atoms with Gasteiger partial charge in [0.25, 0.3) is 0 Å². The van der Waals surface area contributed by atoms with Gasteiger partial charge in [-0.15, -0.1) is 0 Å². The summed E-state index contributed by atoms with van der Waals surface area (Å²) in [5.41, 5.74) is 0.535. The summed E-state index contributed by atoms with van der Waals surface area (Å²) in [6.45, 7) is 11.4. The summed E-state index contributed by atoms with van der Waals surface area (Å²) in [5, 5.41) is 0. The SMILES string of the molecule is CC(C)C1CCCCC1.CCC(=O)N1CC2(CC(N3CCCCC3)C2)C1. The standard InChI is InChI=1S/C14H24N2O.C9H18/c1-2-13(17)16-10-14(11-16)8-12(9-14)15-6-4-3-5-7-15;1-8(2)9-6-4-3-5-7-9/h12H,2-11H2,1H3;8-9H,3-7H2,1-2H3. The number of nitrogens with zero attached hydrogens (tertiary/aromatic N) is 2. The van der Waals surface area contributed by atoms with Crippen LogP contribution < -0.4 is 0 Å². The zero-order chi connectivity index (χ0) is 18.6. The van der Waals surface area contributed by atoms with Crippen molar-refractivity contribution in [2.24, 2.45) is 17.3 Å². The normalized spacial score (nSPS) is 26.8. The third-order valence-electron chi connectivity index (χ3n) is 7.54. The molecule has 1 spiro atoms. The molecule has 0 unspecified atom stereocenters. The number of likely N-dealkylation sites (tertiary alicyclic amines) is 2. The third kappa shape index (κ3) is 4.82. The molecule has 0 bridgehead atoms. The number of amides is 1. The van der Waals surface area contributed by atoms with Gasteiger partial charge in [-0.25, -0.2) is 0 Å². The number of carbonyl (C=O) groups is 1. The van der Waals surface area contributed by atoms with Gasteiger partial charge in [0.1, 0.15) is 0 Å². The lowest BCUT2D eigenvalue weighted by molar-refractivity contribution is -0.157. The van der Waals surface area contributed by atoms with Gasteiger partial charge in [0.05, 0.1) is 0 Å². The second-order valence-electron chi connectivity index (χ2n) is 9.90. The minimum absolute atomic E-state index is 0.344. The molecule has 4 rings (SSSR count). The molecule has 3 heteroatoms. The molecule has 26 heavy (non-hydrogen) atoms. The molecule has 0 N–H and O–H groups in total. The van der Waals surface area contributed by atoms with Gasteiger partial charge in [-0.2, -0.15) is 0 Å². The molecule has 0 aromatic carbocycles. The smallest absolute Gasteiger partial charge is 0.222 e. The molecule has 3 nitrogen and oxygen atoms in total. The molecular formula is C23H42N2O. The lowest BCUT2D eigenvalue weighted by atomic mass is 9.60. The first-order chi connectivity index (χ1) is 12.5. The Morgan fingerprint density at radius 3 is 2.04 bits per heavy atom. The van der Waals surface area contributed by atoms with Crippen molar-refractivity contribution in [2.45, 2.75) is 97.4 Å². The van der Waals surface area contributed by atoms with Crippen LogP contribution in [0, 0.1) is 17.3 Å². The third-order valence-corrected chi connectivity index (χ3v) is 7.54. The lowest BCUT2D eigenvalue weighted by Gasteiger charge is -2.61. The van der Waals surface area contributed by atoms with Crippen LogP contribution in [-0.4, -0.2) is 47.9 Å². The van der Waals surface area contributed by atoms with E-state index in [1.807, 2.05) is 11.8 Å². The Morgan fingerprint density at radius 2 is 1.54 bits per heavy atom. The molecule has 2 heterocycles. The monoisotopic (exact) mass is 362 g/mol. The summed E-state index contributed by atoms with van der Waals surface area (Å²) < 4.78 is 0. The molecule has 0 aromatic rings. The molecule has 0 atom stereocenters. The Hall–Kier alpha value is -0.570. The molecular weight excluding hydrogens is 320 g/mol. The van der Waals surface area contributed by atoms with Crippen molar-refractivity contribution in [3.8, 4) is 0 Å². The second-order valence-corrected chi connectivity index (χ2v) is 9.90. The van der Waals surface area contributed by atoms with Crippen molar-refractivity contribution in [1.29, 1.82) is 0 Å². The summed E-state index contributed by atoms with van der Waals surface area (Å²) in [7, 11) is 0. The van der Waals surface area contributed by atoms with Crippen LogP contribution in [0.3, 0.4) is 0 Å². The Morgan fingerprint density at radius 1 is 0.962 bits per heavy atom. The van der Waals surface area contributed by atoms with Crippen LogP contribution in [0.4, 0.5) is 0 Å². The van der Waals surface area contributed by atoms with Crippen LogP contribution in [-0.2, 0) is 4.79 Å². The Balaban J connectivity index is 0.000000185. The van der Waals surface area contributed by atoms with E-state index in [0.29, 0.717) is 17.7 Å². The van der Waals surface area contributed by atoms with E-state index in [9.17, 15) is 4.79 Å². The van der Waals surface area contributed by atoms with Crippen LogP contribution in [0.25, 0.3) is 0 Å². The van der Waals surface area contributed by atoms with E-state index in [1.165, 1.54) is 77.3 Å². The van der Waals surface area contributed by atoms with Crippen molar-refractivity contribution in [2.75, 3.05) is 26.2 Å². The van der Waals surface area contributed by atoms with Gasteiger partial charge in [0.15, 0.2) is 0 Å². The second kappa shape index (κ2) is 9.08. The number of carbonyl (C=O) groups excluding carboxylic acids is 1.